The first-order valence-corrected chi connectivity index (χ1v) is 11.0. The van der Waals surface area contributed by atoms with Crippen LogP contribution in [0.4, 0.5) is 5.69 Å². The van der Waals surface area contributed by atoms with Crippen LogP contribution in [0.15, 0.2) is 64.3 Å². The summed E-state index contributed by atoms with van der Waals surface area (Å²) in [6, 6.07) is 16.1. The normalized spacial score (nSPS) is 21.4. The molecule has 0 saturated heterocycles. The molecule has 1 atom stereocenters. The minimum atomic E-state index is -0.167. The lowest BCUT2D eigenvalue weighted by atomic mass is 9.69. The van der Waals surface area contributed by atoms with Crippen LogP contribution in [0.5, 0.6) is 0 Å². The molecule has 4 heteroatoms. The highest BCUT2D eigenvalue weighted by atomic mass is 79.9. The molecular weight excluding hydrogens is 426 g/mol. The third-order valence-corrected chi connectivity index (χ3v) is 6.56. The summed E-state index contributed by atoms with van der Waals surface area (Å²) in [6.45, 7) is 6.34. The standard InChI is InChI=1S/C25H26BrNO2/c1-4-16-7-5-6-8-20(16)27-21-14-25(2,3)15-22(28)24(21)19(13-23(27)29)17-9-11-18(26)12-10-17/h5-12,19H,4,13-15H2,1-3H3. The van der Waals surface area contributed by atoms with Gasteiger partial charge in [0.25, 0.3) is 0 Å². The quantitative estimate of drug-likeness (QED) is 0.558. The molecule has 3 nitrogen and oxygen atoms in total. The number of ketones is 1. The van der Waals surface area contributed by atoms with Crippen molar-refractivity contribution in [2.75, 3.05) is 4.90 Å². The van der Waals surface area contributed by atoms with Crippen molar-refractivity contribution < 1.29 is 9.59 Å². The molecule has 29 heavy (non-hydrogen) atoms. The number of para-hydroxylation sites is 1. The van der Waals surface area contributed by atoms with Crippen LogP contribution in [0.1, 0.15) is 57.1 Å². The highest BCUT2D eigenvalue weighted by Gasteiger charge is 2.44. The summed E-state index contributed by atoms with van der Waals surface area (Å²) in [5, 5.41) is 0. The number of anilines is 1. The van der Waals surface area contributed by atoms with Crippen LogP contribution in [0.3, 0.4) is 0 Å². The second-order valence-electron chi connectivity index (χ2n) is 8.82. The number of amides is 1. The Labute approximate surface area is 180 Å². The molecule has 0 fully saturated rings. The van der Waals surface area contributed by atoms with Crippen molar-refractivity contribution in [1.82, 2.24) is 0 Å². The van der Waals surface area contributed by atoms with Gasteiger partial charge in [-0.2, -0.15) is 0 Å². The summed E-state index contributed by atoms with van der Waals surface area (Å²) in [5.41, 5.74) is 4.66. The minimum absolute atomic E-state index is 0.0723. The molecule has 0 radical (unpaired) electrons. The van der Waals surface area contributed by atoms with E-state index in [2.05, 4.69) is 42.8 Å². The molecule has 1 amide bonds. The van der Waals surface area contributed by atoms with E-state index in [9.17, 15) is 9.59 Å². The van der Waals surface area contributed by atoms with E-state index in [0.717, 1.165) is 45.4 Å². The number of halogens is 1. The zero-order valence-corrected chi connectivity index (χ0v) is 18.8. The van der Waals surface area contributed by atoms with Gasteiger partial charge in [-0.25, -0.2) is 0 Å². The van der Waals surface area contributed by atoms with Crippen LogP contribution in [-0.4, -0.2) is 11.7 Å². The van der Waals surface area contributed by atoms with Crippen molar-refractivity contribution in [3.8, 4) is 0 Å². The van der Waals surface area contributed by atoms with Crippen LogP contribution >= 0.6 is 15.9 Å². The number of Topliss-reactive ketones (excluding diaryl/α,β-unsaturated/α-hetero) is 1. The summed E-state index contributed by atoms with van der Waals surface area (Å²) < 4.78 is 0.993. The van der Waals surface area contributed by atoms with Gasteiger partial charge < -0.3 is 0 Å². The fourth-order valence-corrected chi connectivity index (χ4v) is 4.97. The highest BCUT2D eigenvalue weighted by Crippen LogP contribution is 2.48. The summed E-state index contributed by atoms with van der Waals surface area (Å²) in [6.07, 6.45) is 2.42. The molecular formula is C25H26BrNO2. The maximum atomic E-state index is 13.5. The largest absolute Gasteiger partial charge is 0.294 e. The van der Waals surface area contributed by atoms with E-state index in [1.54, 1.807) is 0 Å². The number of nitrogens with zero attached hydrogens (tertiary/aromatic N) is 1. The van der Waals surface area contributed by atoms with Crippen molar-refractivity contribution in [1.29, 1.82) is 0 Å². The molecule has 2 aliphatic rings. The summed E-state index contributed by atoms with van der Waals surface area (Å²) in [5.74, 6) is 0.0814. The number of hydrogen-bond acceptors (Lipinski definition) is 2. The number of benzene rings is 2. The number of carbonyl (C=O) groups excluding carboxylic acids is 2. The average Bonchev–Trinajstić information content (AvgIpc) is 2.67. The zero-order valence-electron chi connectivity index (χ0n) is 17.2. The average molecular weight is 452 g/mol. The monoisotopic (exact) mass is 451 g/mol. The van der Waals surface area contributed by atoms with E-state index in [1.807, 2.05) is 47.4 Å². The topological polar surface area (TPSA) is 37.4 Å². The smallest absolute Gasteiger partial charge is 0.232 e. The van der Waals surface area contributed by atoms with E-state index in [0.29, 0.717) is 12.8 Å². The third-order valence-electron chi connectivity index (χ3n) is 6.03. The van der Waals surface area contributed by atoms with Gasteiger partial charge in [-0.15, -0.1) is 0 Å². The van der Waals surface area contributed by atoms with Gasteiger partial charge in [0.15, 0.2) is 5.78 Å². The van der Waals surface area contributed by atoms with Crippen molar-refractivity contribution in [3.63, 3.8) is 0 Å². The summed E-state index contributed by atoms with van der Waals surface area (Å²) in [4.78, 5) is 28.6. The first kappa shape index (κ1) is 20.1. The Bertz CT molecular complexity index is 1000. The Morgan fingerprint density at radius 1 is 1.03 bits per heavy atom. The van der Waals surface area contributed by atoms with Gasteiger partial charge in [0.2, 0.25) is 5.91 Å². The molecule has 1 aliphatic carbocycles. The number of carbonyl (C=O) groups is 2. The Hall–Kier alpha value is -2.20. The van der Waals surface area contributed by atoms with Gasteiger partial charge in [-0.1, -0.05) is 67.0 Å². The van der Waals surface area contributed by atoms with Gasteiger partial charge in [-0.05, 0) is 47.6 Å². The maximum absolute atomic E-state index is 13.5. The maximum Gasteiger partial charge on any atom is 0.232 e. The molecule has 0 aromatic heterocycles. The first-order chi connectivity index (χ1) is 13.8. The second-order valence-corrected chi connectivity index (χ2v) is 9.74. The second kappa shape index (κ2) is 7.56. The Morgan fingerprint density at radius 2 is 1.72 bits per heavy atom. The van der Waals surface area contributed by atoms with Crippen LogP contribution < -0.4 is 4.90 Å². The summed E-state index contributed by atoms with van der Waals surface area (Å²) >= 11 is 3.48. The molecule has 1 aliphatic heterocycles. The first-order valence-electron chi connectivity index (χ1n) is 10.2. The van der Waals surface area contributed by atoms with Gasteiger partial charge >= 0.3 is 0 Å². The van der Waals surface area contributed by atoms with Crippen molar-refractivity contribution in [2.24, 2.45) is 5.41 Å². The van der Waals surface area contributed by atoms with E-state index in [-0.39, 0.29) is 23.0 Å². The molecule has 1 unspecified atom stereocenters. The number of aryl methyl sites for hydroxylation is 1. The number of hydrogen-bond donors (Lipinski definition) is 0. The lowest BCUT2D eigenvalue weighted by molar-refractivity contribution is -0.121. The fourth-order valence-electron chi connectivity index (χ4n) is 4.70. The minimum Gasteiger partial charge on any atom is -0.294 e. The zero-order chi connectivity index (χ0) is 20.8. The van der Waals surface area contributed by atoms with E-state index >= 15 is 0 Å². The van der Waals surface area contributed by atoms with E-state index < -0.39 is 0 Å². The Morgan fingerprint density at radius 3 is 2.41 bits per heavy atom. The van der Waals surface area contributed by atoms with E-state index in [4.69, 9.17) is 0 Å². The van der Waals surface area contributed by atoms with Crippen LogP contribution in [0.2, 0.25) is 0 Å². The number of allylic oxidation sites excluding steroid dienone is 2. The molecule has 150 valence electrons. The van der Waals surface area contributed by atoms with Gasteiger partial charge in [0.05, 0.1) is 5.69 Å². The van der Waals surface area contributed by atoms with Crippen molar-refractivity contribution in [2.45, 2.75) is 52.4 Å². The van der Waals surface area contributed by atoms with Crippen LogP contribution in [0.25, 0.3) is 0 Å². The lowest BCUT2D eigenvalue weighted by Gasteiger charge is -2.43. The van der Waals surface area contributed by atoms with Gasteiger partial charge in [-0.3, -0.25) is 14.5 Å². The molecule has 2 aromatic carbocycles. The Kier molecular flexibility index (Phi) is 5.24. The van der Waals surface area contributed by atoms with Gasteiger partial charge in [0, 0.05) is 34.5 Å². The van der Waals surface area contributed by atoms with Crippen LogP contribution in [0, 0.1) is 5.41 Å². The fraction of sp³-hybridized carbons (Fsp3) is 0.360. The molecule has 0 N–H and O–H groups in total. The van der Waals surface area contributed by atoms with Crippen molar-refractivity contribution in [3.05, 3.63) is 75.4 Å². The highest BCUT2D eigenvalue weighted by molar-refractivity contribution is 9.10. The van der Waals surface area contributed by atoms with Crippen molar-refractivity contribution >= 4 is 33.3 Å². The van der Waals surface area contributed by atoms with Gasteiger partial charge in [0.1, 0.15) is 0 Å². The predicted octanol–water partition coefficient (Wildman–Crippen LogP) is 6.18. The molecule has 2 aromatic rings. The lowest BCUT2D eigenvalue weighted by Crippen LogP contribution is -2.44. The molecule has 0 spiro atoms. The number of rotatable bonds is 3. The molecule has 0 bridgehead atoms. The predicted molar refractivity (Wildman–Crippen MR) is 120 cm³/mol. The van der Waals surface area contributed by atoms with E-state index in [1.165, 1.54) is 0 Å². The molecule has 4 rings (SSSR count). The molecule has 1 heterocycles. The summed E-state index contributed by atoms with van der Waals surface area (Å²) in [7, 11) is 0. The Balaban J connectivity index is 1.91. The molecule has 0 saturated carbocycles. The van der Waals surface area contributed by atoms with Crippen LogP contribution in [-0.2, 0) is 16.0 Å². The third kappa shape index (κ3) is 3.71. The SMILES string of the molecule is CCc1ccccc1N1C(=O)CC(c2ccc(Br)cc2)C2=C1CC(C)(C)CC2=O.